The van der Waals surface area contributed by atoms with Gasteiger partial charge in [-0.2, -0.15) is 0 Å². The van der Waals surface area contributed by atoms with Crippen LogP contribution in [-0.2, 0) is 9.53 Å². The van der Waals surface area contributed by atoms with Crippen LogP contribution in [0, 0.1) is 0 Å². The summed E-state index contributed by atoms with van der Waals surface area (Å²) in [6.45, 7) is 0.405. The van der Waals surface area contributed by atoms with E-state index in [9.17, 15) is 4.79 Å². The smallest absolute Gasteiger partial charge is 0.306 e. The number of methoxy groups -OCH3 is 2. The Balaban J connectivity index is 2.81. The van der Waals surface area contributed by atoms with Crippen LogP contribution >= 0.6 is 0 Å². The summed E-state index contributed by atoms with van der Waals surface area (Å²) in [7, 11) is 2.98. The lowest BCUT2D eigenvalue weighted by Crippen LogP contribution is -2.17. The molecule has 0 saturated heterocycles. The topological polar surface area (TPSA) is 61.5 Å². The second-order valence-corrected chi connectivity index (χ2v) is 3.49. The highest BCUT2D eigenvalue weighted by molar-refractivity contribution is 5.70. The summed E-state index contributed by atoms with van der Waals surface area (Å²) >= 11 is 0. The molecule has 0 heterocycles. The van der Waals surface area contributed by atoms with E-state index in [1.165, 1.54) is 7.11 Å². The quantitative estimate of drug-likeness (QED) is 0.764. The number of hydrogen-bond donors (Lipinski definition) is 1. The highest BCUT2D eigenvalue weighted by Crippen LogP contribution is 2.23. The van der Waals surface area contributed by atoms with E-state index in [0.717, 1.165) is 11.3 Å². The summed E-state index contributed by atoms with van der Waals surface area (Å²) < 4.78 is 9.76. The average molecular weight is 223 g/mol. The van der Waals surface area contributed by atoms with Crippen LogP contribution in [0.4, 0.5) is 0 Å². The fourth-order valence-electron chi connectivity index (χ4n) is 1.52. The van der Waals surface area contributed by atoms with Crippen LogP contribution in [0.25, 0.3) is 0 Å². The number of esters is 1. The highest BCUT2D eigenvalue weighted by atomic mass is 16.5. The summed E-state index contributed by atoms with van der Waals surface area (Å²) in [5.74, 6) is 0.488. The molecule has 0 spiro atoms. The third-order valence-electron chi connectivity index (χ3n) is 2.49. The SMILES string of the molecule is COC(=O)CC(CN)c1cccc(OC)c1. The van der Waals surface area contributed by atoms with E-state index >= 15 is 0 Å². The first-order valence-corrected chi connectivity index (χ1v) is 5.12. The molecule has 88 valence electrons. The Morgan fingerprint density at radius 2 is 2.19 bits per heavy atom. The summed E-state index contributed by atoms with van der Waals surface area (Å²) in [6.07, 6.45) is 0.292. The standard InChI is InChI=1S/C12H17NO3/c1-15-11-5-3-4-9(6-11)10(8-13)7-12(14)16-2/h3-6,10H,7-8,13H2,1-2H3. The molecule has 0 fully saturated rings. The highest BCUT2D eigenvalue weighted by Gasteiger charge is 2.15. The van der Waals surface area contributed by atoms with Gasteiger partial charge in [0.15, 0.2) is 0 Å². The lowest BCUT2D eigenvalue weighted by molar-refractivity contribution is -0.141. The van der Waals surface area contributed by atoms with Crippen molar-refractivity contribution < 1.29 is 14.3 Å². The van der Waals surface area contributed by atoms with E-state index in [1.54, 1.807) is 7.11 Å². The third kappa shape index (κ3) is 3.24. The minimum Gasteiger partial charge on any atom is -0.497 e. The predicted molar refractivity (Wildman–Crippen MR) is 61.4 cm³/mol. The first kappa shape index (κ1) is 12.5. The molecule has 0 aliphatic carbocycles. The maximum atomic E-state index is 11.2. The zero-order chi connectivity index (χ0) is 12.0. The molecule has 16 heavy (non-hydrogen) atoms. The summed E-state index contributed by atoms with van der Waals surface area (Å²) in [5, 5.41) is 0. The molecular weight excluding hydrogens is 206 g/mol. The number of rotatable bonds is 5. The van der Waals surface area contributed by atoms with Gasteiger partial charge in [0.1, 0.15) is 5.75 Å². The molecule has 1 aromatic rings. The molecule has 1 rings (SSSR count). The van der Waals surface area contributed by atoms with Crippen molar-refractivity contribution in [1.82, 2.24) is 0 Å². The van der Waals surface area contributed by atoms with Gasteiger partial charge < -0.3 is 15.2 Å². The molecular formula is C12H17NO3. The average Bonchev–Trinajstić information content (AvgIpc) is 2.35. The van der Waals surface area contributed by atoms with Gasteiger partial charge >= 0.3 is 5.97 Å². The number of carbonyl (C=O) groups is 1. The summed E-state index contributed by atoms with van der Waals surface area (Å²) in [5.41, 5.74) is 6.64. The van der Waals surface area contributed by atoms with E-state index in [1.807, 2.05) is 24.3 Å². The Labute approximate surface area is 95.3 Å². The van der Waals surface area contributed by atoms with Gasteiger partial charge in [0, 0.05) is 5.92 Å². The maximum Gasteiger partial charge on any atom is 0.306 e. The van der Waals surface area contributed by atoms with Crippen LogP contribution in [0.5, 0.6) is 5.75 Å². The number of nitrogens with two attached hydrogens (primary N) is 1. The van der Waals surface area contributed by atoms with Gasteiger partial charge in [0.2, 0.25) is 0 Å². The van der Waals surface area contributed by atoms with E-state index in [0.29, 0.717) is 13.0 Å². The Morgan fingerprint density at radius 3 is 2.75 bits per heavy atom. The largest absolute Gasteiger partial charge is 0.497 e. The first-order chi connectivity index (χ1) is 7.71. The number of hydrogen-bond acceptors (Lipinski definition) is 4. The monoisotopic (exact) mass is 223 g/mol. The molecule has 4 nitrogen and oxygen atoms in total. The van der Waals surface area contributed by atoms with Crippen LogP contribution in [0.1, 0.15) is 17.9 Å². The molecule has 0 aliphatic heterocycles. The Hall–Kier alpha value is -1.55. The van der Waals surface area contributed by atoms with E-state index in [4.69, 9.17) is 10.5 Å². The second kappa shape index (κ2) is 6.12. The summed E-state index contributed by atoms with van der Waals surface area (Å²) in [4.78, 5) is 11.2. The van der Waals surface area contributed by atoms with Crippen LogP contribution in [-0.4, -0.2) is 26.7 Å². The van der Waals surface area contributed by atoms with Crippen molar-refractivity contribution >= 4 is 5.97 Å². The van der Waals surface area contributed by atoms with Gasteiger partial charge in [-0.1, -0.05) is 12.1 Å². The number of benzene rings is 1. The Bertz CT molecular complexity index is 352. The summed E-state index contributed by atoms with van der Waals surface area (Å²) in [6, 6.07) is 7.56. The minimum absolute atomic E-state index is 0.0254. The molecule has 0 aliphatic rings. The van der Waals surface area contributed by atoms with Gasteiger partial charge in [-0.05, 0) is 24.2 Å². The van der Waals surface area contributed by atoms with Crippen molar-refractivity contribution in [2.75, 3.05) is 20.8 Å². The fraction of sp³-hybridized carbons (Fsp3) is 0.417. The minimum atomic E-state index is -0.252. The molecule has 0 aromatic heterocycles. The molecule has 2 N–H and O–H groups in total. The van der Waals surface area contributed by atoms with Crippen molar-refractivity contribution in [3.8, 4) is 5.75 Å². The molecule has 1 unspecified atom stereocenters. The Morgan fingerprint density at radius 1 is 1.44 bits per heavy atom. The van der Waals surface area contributed by atoms with Crippen LogP contribution in [0.3, 0.4) is 0 Å². The van der Waals surface area contributed by atoms with Gasteiger partial charge in [-0.3, -0.25) is 4.79 Å². The van der Waals surface area contributed by atoms with Crippen LogP contribution in [0.2, 0.25) is 0 Å². The molecule has 0 amide bonds. The van der Waals surface area contributed by atoms with Crippen molar-refractivity contribution in [2.24, 2.45) is 5.73 Å². The van der Waals surface area contributed by atoms with Gasteiger partial charge in [0.25, 0.3) is 0 Å². The van der Waals surface area contributed by atoms with Crippen LogP contribution < -0.4 is 10.5 Å². The maximum absolute atomic E-state index is 11.2. The van der Waals surface area contributed by atoms with Gasteiger partial charge in [0.05, 0.1) is 20.6 Å². The van der Waals surface area contributed by atoms with Crippen molar-refractivity contribution in [3.63, 3.8) is 0 Å². The van der Waals surface area contributed by atoms with E-state index < -0.39 is 0 Å². The zero-order valence-electron chi connectivity index (χ0n) is 9.60. The normalized spacial score (nSPS) is 11.9. The van der Waals surface area contributed by atoms with Crippen molar-refractivity contribution in [2.45, 2.75) is 12.3 Å². The lowest BCUT2D eigenvalue weighted by Gasteiger charge is -2.14. The van der Waals surface area contributed by atoms with Gasteiger partial charge in [-0.15, -0.1) is 0 Å². The zero-order valence-corrected chi connectivity index (χ0v) is 9.60. The lowest BCUT2D eigenvalue weighted by atomic mass is 9.96. The van der Waals surface area contributed by atoms with Gasteiger partial charge in [-0.25, -0.2) is 0 Å². The van der Waals surface area contributed by atoms with E-state index in [-0.39, 0.29) is 11.9 Å². The van der Waals surface area contributed by atoms with E-state index in [2.05, 4.69) is 4.74 Å². The number of ether oxygens (including phenoxy) is 2. The molecule has 0 saturated carbocycles. The van der Waals surface area contributed by atoms with Crippen molar-refractivity contribution in [3.05, 3.63) is 29.8 Å². The molecule has 4 heteroatoms. The fourth-order valence-corrected chi connectivity index (χ4v) is 1.52. The predicted octanol–water partition coefficient (Wildman–Crippen LogP) is 1.30. The Kier molecular flexibility index (Phi) is 4.79. The molecule has 0 radical (unpaired) electrons. The molecule has 1 aromatic carbocycles. The molecule has 0 bridgehead atoms. The van der Waals surface area contributed by atoms with Crippen molar-refractivity contribution in [1.29, 1.82) is 0 Å². The second-order valence-electron chi connectivity index (χ2n) is 3.49. The van der Waals surface area contributed by atoms with Crippen LogP contribution in [0.15, 0.2) is 24.3 Å². The molecule has 1 atom stereocenters. The number of carbonyl (C=O) groups excluding carboxylic acids is 1. The third-order valence-corrected chi connectivity index (χ3v) is 2.49. The first-order valence-electron chi connectivity index (χ1n) is 5.12.